The SMILES string of the molecule is CCN1CCN(C(=O)[C@@H]2CC(=O)N[C@@H](CO)C(=O)NCCOc3ccccc3C(=O)N2)CC1. The molecule has 0 unspecified atom stereocenters. The lowest BCUT2D eigenvalue weighted by Crippen LogP contribution is -2.57. The third-order valence-corrected chi connectivity index (χ3v) is 5.75. The molecule has 180 valence electrons. The topological polar surface area (TPSA) is 140 Å². The molecule has 0 aromatic heterocycles. The molecular weight excluding hydrogens is 430 g/mol. The number of nitrogens with zero attached hydrogens (tertiary/aromatic N) is 2. The highest BCUT2D eigenvalue weighted by molar-refractivity contribution is 6.01. The minimum atomic E-state index is -1.17. The smallest absolute Gasteiger partial charge is 0.255 e. The summed E-state index contributed by atoms with van der Waals surface area (Å²) in [6.07, 6.45) is -0.370. The standard InChI is InChI=1S/C22H31N5O6/c1-2-26-8-10-27(11-9-26)22(32)16-13-19(29)24-17(14-28)21(31)23-7-12-33-18-6-4-3-5-15(18)20(30)25-16/h3-6,16-17,28H,2,7-14H2,1H3,(H,23,31)(H,24,29)(H,25,30)/t16-,17-/m0/s1. The van der Waals surface area contributed by atoms with E-state index in [0.717, 1.165) is 6.54 Å². The van der Waals surface area contributed by atoms with Crippen LogP contribution < -0.4 is 20.7 Å². The van der Waals surface area contributed by atoms with Crippen molar-refractivity contribution in [3.8, 4) is 5.75 Å². The van der Waals surface area contributed by atoms with Gasteiger partial charge in [0.25, 0.3) is 5.91 Å². The number of carbonyl (C=O) groups excluding carboxylic acids is 4. The number of hydrogen-bond donors (Lipinski definition) is 4. The molecule has 1 fully saturated rings. The van der Waals surface area contributed by atoms with Crippen molar-refractivity contribution in [1.29, 1.82) is 0 Å². The molecule has 2 aliphatic heterocycles. The van der Waals surface area contributed by atoms with Gasteiger partial charge in [0, 0.05) is 26.2 Å². The molecule has 1 aromatic carbocycles. The van der Waals surface area contributed by atoms with Crippen molar-refractivity contribution < 1.29 is 29.0 Å². The number of rotatable bonds is 3. The van der Waals surface area contributed by atoms with Gasteiger partial charge in [0.2, 0.25) is 17.7 Å². The van der Waals surface area contributed by atoms with Crippen LogP contribution in [0.4, 0.5) is 0 Å². The lowest BCUT2D eigenvalue weighted by molar-refractivity contribution is -0.137. The molecule has 0 saturated carbocycles. The van der Waals surface area contributed by atoms with E-state index in [1.807, 2.05) is 6.92 Å². The summed E-state index contributed by atoms with van der Waals surface area (Å²) in [5.41, 5.74) is 0.225. The summed E-state index contributed by atoms with van der Waals surface area (Å²) in [6, 6.07) is 4.26. The van der Waals surface area contributed by atoms with Gasteiger partial charge in [-0.25, -0.2) is 0 Å². The number of hydrogen-bond acceptors (Lipinski definition) is 7. The van der Waals surface area contributed by atoms with E-state index in [9.17, 15) is 24.3 Å². The maximum Gasteiger partial charge on any atom is 0.255 e. The highest BCUT2D eigenvalue weighted by Crippen LogP contribution is 2.18. The Kier molecular flexibility index (Phi) is 8.61. The molecule has 0 bridgehead atoms. The second kappa shape index (κ2) is 11.6. The number of amides is 4. The highest BCUT2D eigenvalue weighted by Gasteiger charge is 2.32. The third-order valence-electron chi connectivity index (χ3n) is 5.75. The van der Waals surface area contributed by atoms with Crippen LogP contribution in [0.25, 0.3) is 0 Å². The van der Waals surface area contributed by atoms with Crippen LogP contribution in [-0.4, -0.2) is 103 Å². The molecule has 11 heteroatoms. The van der Waals surface area contributed by atoms with Gasteiger partial charge < -0.3 is 35.6 Å². The Labute approximate surface area is 192 Å². The number of piperazine rings is 1. The van der Waals surface area contributed by atoms with E-state index < -0.39 is 36.4 Å². The van der Waals surface area contributed by atoms with Crippen LogP contribution in [0, 0.1) is 0 Å². The fourth-order valence-corrected chi connectivity index (χ4v) is 3.81. The van der Waals surface area contributed by atoms with Crippen molar-refractivity contribution in [2.45, 2.75) is 25.4 Å². The monoisotopic (exact) mass is 461 g/mol. The molecule has 33 heavy (non-hydrogen) atoms. The summed E-state index contributed by atoms with van der Waals surface area (Å²) in [7, 11) is 0. The van der Waals surface area contributed by atoms with E-state index in [1.54, 1.807) is 29.2 Å². The molecule has 0 aliphatic carbocycles. The zero-order chi connectivity index (χ0) is 23.8. The van der Waals surface area contributed by atoms with Gasteiger partial charge in [0.1, 0.15) is 24.4 Å². The lowest BCUT2D eigenvalue weighted by atomic mass is 10.1. The number of benzene rings is 1. The van der Waals surface area contributed by atoms with E-state index in [0.29, 0.717) is 31.9 Å². The van der Waals surface area contributed by atoms with Gasteiger partial charge in [-0.05, 0) is 18.7 Å². The molecule has 0 radical (unpaired) electrons. The van der Waals surface area contributed by atoms with Gasteiger partial charge in [-0.3, -0.25) is 19.2 Å². The van der Waals surface area contributed by atoms with Crippen molar-refractivity contribution in [3.05, 3.63) is 29.8 Å². The Morgan fingerprint density at radius 3 is 2.55 bits per heavy atom. The summed E-state index contributed by atoms with van der Waals surface area (Å²) in [6.45, 7) is 4.91. The van der Waals surface area contributed by atoms with Crippen LogP contribution in [0.1, 0.15) is 23.7 Å². The average molecular weight is 462 g/mol. The van der Waals surface area contributed by atoms with Crippen LogP contribution in [0.2, 0.25) is 0 Å². The maximum atomic E-state index is 13.3. The quantitative estimate of drug-likeness (QED) is 0.422. The summed E-state index contributed by atoms with van der Waals surface area (Å²) in [5, 5.41) is 17.2. The molecule has 0 spiro atoms. The first-order chi connectivity index (χ1) is 15.9. The number of likely N-dealkylation sites (N-methyl/N-ethyl adjacent to an activating group) is 1. The fourth-order valence-electron chi connectivity index (χ4n) is 3.81. The number of para-hydroxylation sites is 1. The van der Waals surface area contributed by atoms with Crippen molar-refractivity contribution in [2.24, 2.45) is 0 Å². The zero-order valence-electron chi connectivity index (χ0n) is 18.7. The number of fused-ring (bicyclic) bond motifs is 1. The molecule has 4 N–H and O–H groups in total. The van der Waals surface area contributed by atoms with E-state index in [2.05, 4.69) is 20.9 Å². The molecule has 11 nitrogen and oxygen atoms in total. The maximum absolute atomic E-state index is 13.3. The van der Waals surface area contributed by atoms with Crippen LogP contribution in [0.3, 0.4) is 0 Å². The molecule has 1 aromatic rings. The molecular formula is C22H31N5O6. The van der Waals surface area contributed by atoms with Crippen LogP contribution in [0.15, 0.2) is 24.3 Å². The van der Waals surface area contributed by atoms with Gasteiger partial charge in [0.05, 0.1) is 25.1 Å². The summed E-state index contributed by atoms with van der Waals surface area (Å²) < 4.78 is 5.65. The Bertz CT molecular complexity index is 871. The van der Waals surface area contributed by atoms with E-state index in [-0.39, 0.29) is 31.0 Å². The first-order valence-corrected chi connectivity index (χ1v) is 11.1. The largest absolute Gasteiger partial charge is 0.491 e. The van der Waals surface area contributed by atoms with Gasteiger partial charge in [-0.15, -0.1) is 0 Å². The Balaban J connectivity index is 1.84. The molecule has 4 amide bonds. The average Bonchev–Trinajstić information content (AvgIpc) is 2.83. The second-order valence-corrected chi connectivity index (χ2v) is 7.93. The predicted molar refractivity (Wildman–Crippen MR) is 119 cm³/mol. The Morgan fingerprint density at radius 1 is 1.12 bits per heavy atom. The minimum absolute atomic E-state index is 0.0756. The van der Waals surface area contributed by atoms with E-state index in [4.69, 9.17) is 4.74 Å². The summed E-state index contributed by atoms with van der Waals surface area (Å²) in [5.74, 6) is -1.81. The summed E-state index contributed by atoms with van der Waals surface area (Å²) >= 11 is 0. The van der Waals surface area contributed by atoms with Crippen molar-refractivity contribution in [3.63, 3.8) is 0 Å². The number of aliphatic hydroxyl groups excluding tert-OH is 1. The van der Waals surface area contributed by atoms with Gasteiger partial charge in [0.15, 0.2) is 0 Å². The number of aliphatic hydroxyl groups is 1. The van der Waals surface area contributed by atoms with Crippen molar-refractivity contribution in [1.82, 2.24) is 25.8 Å². The highest BCUT2D eigenvalue weighted by atomic mass is 16.5. The Morgan fingerprint density at radius 2 is 1.85 bits per heavy atom. The second-order valence-electron chi connectivity index (χ2n) is 7.93. The third kappa shape index (κ3) is 6.42. The first kappa shape index (κ1) is 24.5. The normalized spacial score (nSPS) is 23.3. The number of ether oxygens (including phenoxy) is 1. The molecule has 3 rings (SSSR count). The van der Waals surface area contributed by atoms with Crippen LogP contribution in [0.5, 0.6) is 5.75 Å². The molecule has 1 saturated heterocycles. The zero-order valence-corrected chi connectivity index (χ0v) is 18.7. The minimum Gasteiger partial charge on any atom is -0.491 e. The van der Waals surface area contributed by atoms with E-state index >= 15 is 0 Å². The summed E-state index contributed by atoms with van der Waals surface area (Å²) in [4.78, 5) is 55.1. The van der Waals surface area contributed by atoms with Gasteiger partial charge in [-0.2, -0.15) is 0 Å². The lowest BCUT2D eigenvalue weighted by Gasteiger charge is -2.36. The first-order valence-electron chi connectivity index (χ1n) is 11.1. The number of nitrogens with one attached hydrogen (secondary N) is 3. The molecule has 2 atom stereocenters. The van der Waals surface area contributed by atoms with E-state index in [1.165, 1.54) is 0 Å². The Hall–Kier alpha value is -3.18. The molecule has 2 aliphatic rings. The van der Waals surface area contributed by atoms with Gasteiger partial charge >= 0.3 is 0 Å². The van der Waals surface area contributed by atoms with Crippen LogP contribution >= 0.6 is 0 Å². The molecule has 2 heterocycles. The van der Waals surface area contributed by atoms with Crippen molar-refractivity contribution in [2.75, 3.05) is 52.5 Å². The van der Waals surface area contributed by atoms with Crippen LogP contribution in [-0.2, 0) is 14.4 Å². The number of carbonyl (C=O) groups is 4. The fraction of sp³-hybridized carbons (Fsp3) is 0.545. The van der Waals surface area contributed by atoms with Crippen molar-refractivity contribution >= 4 is 23.6 Å². The predicted octanol–water partition coefficient (Wildman–Crippen LogP) is -1.68. The van der Waals surface area contributed by atoms with Gasteiger partial charge in [-0.1, -0.05) is 19.1 Å².